The predicted octanol–water partition coefficient (Wildman–Crippen LogP) is 2.59. The van der Waals surface area contributed by atoms with Gasteiger partial charge in [0.2, 0.25) is 5.91 Å². The van der Waals surface area contributed by atoms with E-state index in [0.29, 0.717) is 38.2 Å². The van der Waals surface area contributed by atoms with Crippen molar-refractivity contribution in [2.24, 2.45) is 0 Å². The minimum Gasteiger partial charge on any atom is -0.339 e. The van der Waals surface area contributed by atoms with Gasteiger partial charge in [-0.2, -0.15) is 0 Å². The van der Waals surface area contributed by atoms with Crippen LogP contribution in [0.5, 0.6) is 0 Å². The zero-order chi connectivity index (χ0) is 19.2. The molecule has 3 rings (SSSR count). The van der Waals surface area contributed by atoms with Crippen molar-refractivity contribution in [1.82, 2.24) is 14.7 Å². The molecular formula is C22H27N3O2. The first-order chi connectivity index (χ1) is 13.0. The maximum Gasteiger partial charge on any atom is 0.253 e. The molecule has 0 saturated carbocycles. The highest BCUT2D eigenvalue weighted by Crippen LogP contribution is 2.20. The maximum absolute atomic E-state index is 12.8. The fraction of sp³-hybridized carbons (Fsp3) is 0.364. The summed E-state index contributed by atoms with van der Waals surface area (Å²) in [6.07, 6.45) is 0.530. The van der Waals surface area contributed by atoms with Gasteiger partial charge in [-0.05, 0) is 37.4 Å². The molecular weight excluding hydrogens is 338 g/mol. The standard InChI is InChI=1S/C22H27N3O2/c1-23(2)13-12-21(26)24-14-16-25(17-15-24)22(27)20-10-8-19(9-11-20)18-6-4-3-5-7-18/h3-11H,12-17H2,1-2H3. The molecule has 0 spiro atoms. The molecule has 1 saturated heterocycles. The molecule has 2 amide bonds. The molecule has 1 fully saturated rings. The van der Waals surface area contributed by atoms with Gasteiger partial charge < -0.3 is 14.7 Å². The van der Waals surface area contributed by atoms with Crippen LogP contribution in [-0.2, 0) is 4.79 Å². The number of amides is 2. The smallest absolute Gasteiger partial charge is 0.253 e. The van der Waals surface area contributed by atoms with Gasteiger partial charge in [-0.3, -0.25) is 9.59 Å². The third kappa shape index (κ3) is 4.95. The van der Waals surface area contributed by atoms with Crippen LogP contribution in [0.2, 0.25) is 0 Å². The monoisotopic (exact) mass is 365 g/mol. The largest absolute Gasteiger partial charge is 0.339 e. The second kappa shape index (κ2) is 8.82. The molecule has 0 atom stereocenters. The summed E-state index contributed by atoms with van der Waals surface area (Å²) in [6, 6.07) is 17.9. The van der Waals surface area contributed by atoms with Crippen molar-refractivity contribution < 1.29 is 9.59 Å². The summed E-state index contributed by atoms with van der Waals surface area (Å²) < 4.78 is 0. The van der Waals surface area contributed by atoms with Crippen LogP contribution >= 0.6 is 0 Å². The van der Waals surface area contributed by atoms with Gasteiger partial charge in [0.1, 0.15) is 0 Å². The summed E-state index contributed by atoms with van der Waals surface area (Å²) in [5, 5.41) is 0. The van der Waals surface area contributed by atoms with E-state index in [1.807, 2.05) is 71.3 Å². The van der Waals surface area contributed by atoms with Crippen molar-refractivity contribution in [1.29, 1.82) is 0 Å². The molecule has 1 aliphatic heterocycles. The third-order valence-corrected chi connectivity index (χ3v) is 4.93. The lowest BCUT2D eigenvalue weighted by Crippen LogP contribution is -2.50. The van der Waals surface area contributed by atoms with Gasteiger partial charge in [-0.25, -0.2) is 0 Å². The minimum absolute atomic E-state index is 0.0370. The van der Waals surface area contributed by atoms with Crippen molar-refractivity contribution in [2.45, 2.75) is 6.42 Å². The normalized spacial score (nSPS) is 14.5. The quantitative estimate of drug-likeness (QED) is 0.818. The molecule has 0 N–H and O–H groups in total. The van der Waals surface area contributed by atoms with Crippen LogP contribution in [-0.4, -0.2) is 73.3 Å². The number of benzene rings is 2. The van der Waals surface area contributed by atoms with E-state index in [0.717, 1.165) is 17.7 Å². The first-order valence-electron chi connectivity index (χ1n) is 9.42. The van der Waals surface area contributed by atoms with Crippen LogP contribution in [0.25, 0.3) is 11.1 Å². The summed E-state index contributed by atoms with van der Waals surface area (Å²) >= 11 is 0. The third-order valence-electron chi connectivity index (χ3n) is 4.93. The van der Waals surface area contributed by atoms with Crippen molar-refractivity contribution in [3.8, 4) is 11.1 Å². The predicted molar refractivity (Wildman–Crippen MR) is 108 cm³/mol. The van der Waals surface area contributed by atoms with Crippen LogP contribution in [0.15, 0.2) is 54.6 Å². The number of hydrogen-bond donors (Lipinski definition) is 0. The molecule has 5 nitrogen and oxygen atoms in total. The van der Waals surface area contributed by atoms with Gasteiger partial charge in [0.05, 0.1) is 0 Å². The van der Waals surface area contributed by atoms with E-state index >= 15 is 0 Å². The Morgan fingerprint density at radius 2 is 1.37 bits per heavy atom. The zero-order valence-corrected chi connectivity index (χ0v) is 16.1. The van der Waals surface area contributed by atoms with Gasteiger partial charge in [0.15, 0.2) is 0 Å². The second-order valence-corrected chi connectivity index (χ2v) is 7.17. The van der Waals surface area contributed by atoms with Crippen LogP contribution in [0.3, 0.4) is 0 Å². The average molecular weight is 365 g/mol. The highest BCUT2D eigenvalue weighted by atomic mass is 16.2. The van der Waals surface area contributed by atoms with Crippen LogP contribution < -0.4 is 0 Å². The number of rotatable bonds is 5. The maximum atomic E-state index is 12.8. The van der Waals surface area contributed by atoms with Crippen molar-refractivity contribution in [3.63, 3.8) is 0 Å². The molecule has 5 heteroatoms. The molecule has 1 heterocycles. The van der Waals surface area contributed by atoms with E-state index in [4.69, 9.17) is 0 Å². The van der Waals surface area contributed by atoms with Crippen molar-refractivity contribution in [3.05, 3.63) is 60.2 Å². The Balaban J connectivity index is 1.55. The van der Waals surface area contributed by atoms with Crippen LogP contribution in [0.4, 0.5) is 0 Å². The summed E-state index contributed by atoms with van der Waals surface area (Å²) in [7, 11) is 3.93. The summed E-state index contributed by atoms with van der Waals surface area (Å²) in [5.74, 6) is 0.206. The van der Waals surface area contributed by atoms with E-state index in [9.17, 15) is 9.59 Å². The second-order valence-electron chi connectivity index (χ2n) is 7.17. The SMILES string of the molecule is CN(C)CCC(=O)N1CCN(C(=O)c2ccc(-c3ccccc3)cc2)CC1. The molecule has 27 heavy (non-hydrogen) atoms. The molecule has 0 bridgehead atoms. The topological polar surface area (TPSA) is 43.9 Å². The average Bonchev–Trinajstić information content (AvgIpc) is 2.72. The van der Waals surface area contributed by atoms with E-state index in [-0.39, 0.29) is 11.8 Å². The minimum atomic E-state index is 0.0370. The Labute approximate surface area is 161 Å². The van der Waals surface area contributed by atoms with E-state index in [2.05, 4.69) is 12.1 Å². The molecule has 0 radical (unpaired) electrons. The number of carbonyl (C=O) groups is 2. The van der Waals surface area contributed by atoms with Gasteiger partial charge in [0, 0.05) is 44.7 Å². The molecule has 1 aliphatic rings. The van der Waals surface area contributed by atoms with Crippen LogP contribution in [0, 0.1) is 0 Å². The molecule has 142 valence electrons. The Kier molecular flexibility index (Phi) is 6.24. The Bertz CT molecular complexity index is 764. The van der Waals surface area contributed by atoms with Crippen LogP contribution in [0.1, 0.15) is 16.8 Å². The molecule has 0 aromatic heterocycles. The lowest BCUT2D eigenvalue weighted by molar-refractivity contribution is -0.132. The highest BCUT2D eigenvalue weighted by Gasteiger charge is 2.24. The zero-order valence-electron chi connectivity index (χ0n) is 16.1. The number of hydrogen-bond acceptors (Lipinski definition) is 3. The van der Waals surface area contributed by atoms with Crippen molar-refractivity contribution in [2.75, 3.05) is 46.8 Å². The lowest BCUT2D eigenvalue weighted by Gasteiger charge is -2.35. The summed E-state index contributed by atoms with van der Waals surface area (Å²) in [6.45, 7) is 3.16. The fourth-order valence-corrected chi connectivity index (χ4v) is 3.25. The molecule has 2 aromatic carbocycles. The Morgan fingerprint density at radius 3 is 1.96 bits per heavy atom. The first kappa shape index (κ1) is 19.1. The van der Waals surface area contributed by atoms with Crippen molar-refractivity contribution >= 4 is 11.8 Å². The first-order valence-corrected chi connectivity index (χ1v) is 9.42. The molecule has 2 aromatic rings. The molecule has 0 aliphatic carbocycles. The Morgan fingerprint density at radius 1 is 0.815 bits per heavy atom. The number of carbonyl (C=O) groups excluding carboxylic acids is 2. The van der Waals surface area contributed by atoms with E-state index in [1.54, 1.807) is 0 Å². The number of piperazine rings is 1. The highest BCUT2D eigenvalue weighted by molar-refractivity contribution is 5.95. The van der Waals surface area contributed by atoms with Gasteiger partial charge in [-0.15, -0.1) is 0 Å². The van der Waals surface area contributed by atoms with Gasteiger partial charge in [-0.1, -0.05) is 42.5 Å². The lowest BCUT2D eigenvalue weighted by atomic mass is 10.0. The fourth-order valence-electron chi connectivity index (χ4n) is 3.25. The van der Waals surface area contributed by atoms with E-state index < -0.39 is 0 Å². The van der Waals surface area contributed by atoms with Gasteiger partial charge in [0.25, 0.3) is 5.91 Å². The number of nitrogens with zero attached hydrogens (tertiary/aromatic N) is 3. The van der Waals surface area contributed by atoms with E-state index in [1.165, 1.54) is 0 Å². The summed E-state index contributed by atoms with van der Waals surface area (Å²) in [4.78, 5) is 30.7. The molecule has 0 unspecified atom stereocenters. The Hall–Kier alpha value is -2.66. The summed E-state index contributed by atoms with van der Waals surface area (Å²) in [5.41, 5.74) is 2.94. The van der Waals surface area contributed by atoms with Gasteiger partial charge >= 0.3 is 0 Å².